The second-order valence-corrected chi connectivity index (χ2v) is 3.63. The van der Waals surface area contributed by atoms with Crippen molar-refractivity contribution in [2.75, 3.05) is 6.61 Å². The molecule has 0 radical (unpaired) electrons. The molecule has 0 aliphatic rings. The van der Waals surface area contributed by atoms with E-state index in [-0.39, 0.29) is 12.2 Å². The summed E-state index contributed by atoms with van der Waals surface area (Å²) in [5.41, 5.74) is 0.721. The first-order valence-electron chi connectivity index (χ1n) is 5.33. The molecule has 0 saturated heterocycles. The van der Waals surface area contributed by atoms with E-state index in [2.05, 4.69) is 4.74 Å². The van der Waals surface area contributed by atoms with Gasteiger partial charge in [-0.05, 0) is 37.6 Å². The van der Waals surface area contributed by atoms with Gasteiger partial charge in [-0.3, -0.25) is 4.79 Å². The Morgan fingerprint density at radius 3 is 2.61 bits per heavy atom. The average molecular weight is 252 g/mol. The molecule has 0 bridgehead atoms. The van der Waals surface area contributed by atoms with Crippen molar-refractivity contribution in [3.63, 3.8) is 0 Å². The molecule has 4 nitrogen and oxygen atoms in total. The molecule has 1 aromatic rings. The fourth-order valence-corrected chi connectivity index (χ4v) is 1.35. The maximum atomic E-state index is 13.1. The number of ketones is 1. The van der Waals surface area contributed by atoms with Crippen LogP contribution in [0, 0.1) is 12.7 Å². The highest BCUT2D eigenvalue weighted by molar-refractivity contribution is 6.39. The number of ether oxygens (including phenoxy) is 1. The summed E-state index contributed by atoms with van der Waals surface area (Å²) in [4.78, 5) is 22.3. The summed E-state index contributed by atoms with van der Waals surface area (Å²) in [5.74, 6) is -3.06. The number of carbonyl (C=O) groups is 2. The highest BCUT2D eigenvalue weighted by Crippen LogP contribution is 2.15. The van der Waals surface area contributed by atoms with Gasteiger partial charge in [0.1, 0.15) is 11.6 Å². The van der Waals surface area contributed by atoms with E-state index in [0.717, 1.165) is 6.07 Å². The van der Waals surface area contributed by atoms with Crippen molar-refractivity contribution in [2.24, 2.45) is 0 Å². The SMILES string of the molecule is CCOC(=O)C(=O)/C=C(\O)c1cc(C)cc(F)c1. The molecule has 0 atom stereocenters. The molecule has 1 N–H and O–H groups in total. The van der Waals surface area contributed by atoms with Gasteiger partial charge >= 0.3 is 5.97 Å². The number of rotatable bonds is 4. The van der Waals surface area contributed by atoms with Crippen molar-refractivity contribution in [3.05, 3.63) is 41.2 Å². The summed E-state index contributed by atoms with van der Waals surface area (Å²) in [7, 11) is 0. The molecule has 96 valence electrons. The zero-order valence-corrected chi connectivity index (χ0v) is 10.1. The third kappa shape index (κ3) is 3.69. The van der Waals surface area contributed by atoms with Crippen LogP contribution in [-0.2, 0) is 14.3 Å². The van der Waals surface area contributed by atoms with E-state index in [1.54, 1.807) is 13.8 Å². The highest BCUT2D eigenvalue weighted by Gasteiger charge is 2.14. The third-order valence-corrected chi connectivity index (χ3v) is 2.08. The molecular formula is C13H13FO4. The van der Waals surface area contributed by atoms with E-state index >= 15 is 0 Å². The standard InChI is InChI=1S/C13H13FO4/c1-3-18-13(17)12(16)7-11(15)9-4-8(2)5-10(14)6-9/h4-7,15H,3H2,1-2H3/b11-7-. The maximum absolute atomic E-state index is 13.1. The van der Waals surface area contributed by atoms with Crippen LogP contribution in [0.25, 0.3) is 5.76 Å². The largest absolute Gasteiger partial charge is 0.507 e. The van der Waals surface area contributed by atoms with Crippen LogP contribution in [0.4, 0.5) is 4.39 Å². The molecule has 5 heteroatoms. The Morgan fingerprint density at radius 1 is 1.39 bits per heavy atom. The molecule has 18 heavy (non-hydrogen) atoms. The number of hydrogen-bond acceptors (Lipinski definition) is 4. The molecule has 0 heterocycles. The lowest BCUT2D eigenvalue weighted by molar-refractivity contribution is -0.151. The van der Waals surface area contributed by atoms with Crippen LogP contribution in [0.1, 0.15) is 18.1 Å². The van der Waals surface area contributed by atoms with Crippen LogP contribution < -0.4 is 0 Å². The van der Waals surface area contributed by atoms with E-state index in [1.165, 1.54) is 12.1 Å². The molecule has 0 aliphatic carbocycles. The van der Waals surface area contributed by atoms with Crippen molar-refractivity contribution in [2.45, 2.75) is 13.8 Å². The van der Waals surface area contributed by atoms with Crippen molar-refractivity contribution in [1.82, 2.24) is 0 Å². The van der Waals surface area contributed by atoms with Gasteiger partial charge in [0.15, 0.2) is 0 Å². The first-order chi connectivity index (χ1) is 8.43. The van der Waals surface area contributed by atoms with Gasteiger partial charge in [-0.1, -0.05) is 0 Å². The summed E-state index contributed by atoms with van der Waals surface area (Å²) < 4.78 is 17.6. The lowest BCUT2D eigenvalue weighted by Crippen LogP contribution is -2.15. The topological polar surface area (TPSA) is 63.6 Å². The first kappa shape index (κ1) is 13.9. The summed E-state index contributed by atoms with van der Waals surface area (Å²) in [6.45, 7) is 3.27. The molecular weight excluding hydrogens is 239 g/mol. The summed E-state index contributed by atoms with van der Waals surface area (Å²) in [6.07, 6.45) is 0.714. The Hall–Kier alpha value is -2.17. The summed E-state index contributed by atoms with van der Waals surface area (Å²) in [6, 6.07) is 3.84. The van der Waals surface area contributed by atoms with E-state index in [9.17, 15) is 19.1 Å². The average Bonchev–Trinajstić information content (AvgIpc) is 2.27. The number of carbonyl (C=O) groups excluding carboxylic acids is 2. The number of aliphatic hydroxyl groups is 1. The van der Waals surface area contributed by atoms with E-state index in [0.29, 0.717) is 11.6 Å². The van der Waals surface area contributed by atoms with E-state index in [1.807, 2.05) is 0 Å². The second-order valence-electron chi connectivity index (χ2n) is 3.63. The lowest BCUT2D eigenvalue weighted by Gasteiger charge is -2.02. The van der Waals surface area contributed by atoms with E-state index in [4.69, 9.17) is 0 Å². The fraction of sp³-hybridized carbons (Fsp3) is 0.231. The van der Waals surface area contributed by atoms with Crippen LogP contribution in [0.15, 0.2) is 24.3 Å². The number of hydrogen-bond donors (Lipinski definition) is 1. The fourth-order valence-electron chi connectivity index (χ4n) is 1.35. The highest BCUT2D eigenvalue weighted by atomic mass is 19.1. The van der Waals surface area contributed by atoms with Crippen molar-refractivity contribution >= 4 is 17.5 Å². The van der Waals surface area contributed by atoms with Gasteiger partial charge < -0.3 is 9.84 Å². The number of halogens is 1. The predicted molar refractivity (Wildman–Crippen MR) is 63.4 cm³/mol. The molecule has 0 amide bonds. The Kier molecular flexibility index (Phi) is 4.59. The van der Waals surface area contributed by atoms with Gasteiger partial charge in [0, 0.05) is 11.6 Å². The Labute approximate surface area is 104 Å². The Morgan fingerprint density at radius 2 is 2.06 bits per heavy atom. The smallest absolute Gasteiger partial charge is 0.379 e. The molecule has 0 saturated carbocycles. The molecule has 1 rings (SSSR count). The summed E-state index contributed by atoms with van der Waals surface area (Å²) >= 11 is 0. The minimum Gasteiger partial charge on any atom is -0.507 e. The van der Waals surface area contributed by atoms with Crippen LogP contribution in [0.5, 0.6) is 0 Å². The Balaban J connectivity index is 2.95. The zero-order valence-electron chi connectivity index (χ0n) is 10.1. The molecule has 1 aromatic carbocycles. The number of benzene rings is 1. The van der Waals surface area contributed by atoms with Crippen molar-refractivity contribution in [1.29, 1.82) is 0 Å². The van der Waals surface area contributed by atoms with Gasteiger partial charge in [-0.25, -0.2) is 9.18 Å². The molecule has 0 spiro atoms. The maximum Gasteiger partial charge on any atom is 0.379 e. The second kappa shape index (κ2) is 5.95. The predicted octanol–water partition coefficient (Wildman–Crippen LogP) is 2.17. The van der Waals surface area contributed by atoms with Crippen LogP contribution in [0.3, 0.4) is 0 Å². The monoisotopic (exact) mass is 252 g/mol. The number of aryl methyl sites for hydroxylation is 1. The first-order valence-corrected chi connectivity index (χ1v) is 5.33. The van der Waals surface area contributed by atoms with Crippen LogP contribution in [-0.4, -0.2) is 23.5 Å². The van der Waals surface area contributed by atoms with Gasteiger partial charge in [0.25, 0.3) is 5.78 Å². The van der Waals surface area contributed by atoms with E-state index < -0.39 is 23.3 Å². The molecule has 0 aliphatic heterocycles. The minimum atomic E-state index is -1.06. The van der Waals surface area contributed by atoms with Gasteiger partial charge in [-0.2, -0.15) is 0 Å². The van der Waals surface area contributed by atoms with Gasteiger partial charge in [0.05, 0.1) is 6.61 Å². The normalized spacial score (nSPS) is 11.2. The number of esters is 1. The van der Waals surface area contributed by atoms with Gasteiger partial charge in [0.2, 0.25) is 0 Å². The molecule has 0 aromatic heterocycles. The zero-order chi connectivity index (χ0) is 13.7. The third-order valence-electron chi connectivity index (χ3n) is 2.08. The minimum absolute atomic E-state index is 0.0677. The molecule has 0 fully saturated rings. The number of aliphatic hydroxyl groups excluding tert-OH is 1. The van der Waals surface area contributed by atoms with Crippen LogP contribution >= 0.6 is 0 Å². The molecule has 0 unspecified atom stereocenters. The van der Waals surface area contributed by atoms with Crippen molar-refractivity contribution in [3.8, 4) is 0 Å². The van der Waals surface area contributed by atoms with Crippen molar-refractivity contribution < 1.29 is 23.8 Å². The Bertz CT molecular complexity index is 485. The van der Waals surface area contributed by atoms with Gasteiger partial charge in [-0.15, -0.1) is 0 Å². The lowest BCUT2D eigenvalue weighted by atomic mass is 10.1. The summed E-state index contributed by atoms with van der Waals surface area (Å²) in [5, 5.41) is 9.62. The quantitative estimate of drug-likeness (QED) is 0.386. The van der Waals surface area contributed by atoms with Crippen LogP contribution in [0.2, 0.25) is 0 Å².